The first-order chi connectivity index (χ1) is 13.1. The molecule has 0 bridgehead atoms. The zero-order valence-corrected chi connectivity index (χ0v) is 16.9. The van der Waals surface area contributed by atoms with Crippen molar-refractivity contribution >= 4 is 17.7 Å². The van der Waals surface area contributed by atoms with Crippen LogP contribution < -0.4 is 5.32 Å². The molecular formula is C21H28N4OS. The average molecular weight is 385 g/mol. The van der Waals surface area contributed by atoms with Gasteiger partial charge in [0.2, 0.25) is 5.91 Å². The van der Waals surface area contributed by atoms with Gasteiger partial charge in [0.25, 0.3) is 0 Å². The summed E-state index contributed by atoms with van der Waals surface area (Å²) in [5.41, 5.74) is 1.01. The highest BCUT2D eigenvalue weighted by Crippen LogP contribution is 2.28. The number of carbonyl (C=O) groups is 1. The third-order valence-electron chi connectivity index (χ3n) is 5.15. The SMILES string of the molecule is C=CCn1c(S[C@H](C)C(=O)N[C@@H]2CCCC[C@@H]2C)nnc1-c1ccccc1. The summed E-state index contributed by atoms with van der Waals surface area (Å²) >= 11 is 1.45. The summed E-state index contributed by atoms with van der Waals surface area (Å²) in [5.74, 6) is 1.42. The van der Waals surface area contributed by atoms with Crippen LogP contribution in [0.25, 0.3) is 11.4 Å². The number of amides is 1. The molecule has 1 saturated carbocycles. The second kappa shape index (κ2) is 9.22. The molecule has 0 unspecified atom stereocenters. The maximum absolute atomic E-state index is 12.7. The van der Waals surface area contributed by atoms with Gasteiger partial charge in [0, 0.05) is 18.2 Å². The van der Waals surface area contributed by atoms with Crippen LogP contribution in [0.5, 0.6) is 0 Å². The van der Waals surface area contributed by atoms with Gasteiger partial charge < -0.3 is 5.32 Å². The molecule has 1 fully saturated rings. The Bertz CT molecular complexity index is 774. The number of hydrogen-bond acceptors (Lipinski definition) is 4. The minimum atomic E-state index is -0.226. The molecule has 0 radical (unpaired) electrons. The van der Waals surface area contributed by atoms with Gasteiger partial charge in [-0.15, -0.1) is 16.8 Å². The lowest BCUT2D eigenvalue weighted by atomic mass is 9.86. The summed E-state index contributed by atoms with van der Waals surface area (Å²) in [6, 6.07) is 10.3. The van der Waals surface area contributed by atoms with Gasteiger partial charge in [-0.2, -0.15) is 0 Å². The predicted octanol–water partition coefficient (Wildman–Crippen LogP) is 4.31. The Kier molecular flexibility index (Phi) is 6.72. The zero-order chi connectivity index (χ0) is 19.2. The Morgan fingerprint density at radius 1 is 1.33 bits per heavy atom. The van der Waals surface area contributed by atoms with E-state index in [-0.39, 0.29) is 11.2 Å². The molecule has 144 valence electrons. The molecule has 2 aromatic rings. The van der Waals surface area contributed by atoms with E-state index in [1.54, 1.807) is 0 Å². The number of nitrogens with zero attached hydrogens (tertiary/aromatic N) is 3. The Morgan fingerprint density at radius 3 is 2.78 bits per heavy atom. The van der Waals surface area contributed by atoms with Gasteiger partial charge in [0.1, 0.15) is 0 Å². The van der Waals surface area contributed by atoms with Crippen molar-refractivity contribution in [3.05, 3.63) is 43.0 Å². The van der Waals surface area contributed by atoms with Crippen LogP contribution in [-0.2, 0) is 11.3 Å². The van der Waals surface area contributed by atoms with Crippen LogP contribution in [0.2, 0.25) is 0 Å². The number of nitrogens with one attached hydrogen (secondary N) is 1. The Balaban J connectivity index is 1.71. The van der Waals surface area contributed by atoms with Crippen molar-refractivity contribution in [2.75, 3.05) is 0 Å². The van der Waals surface area contributed by atoms with Crippen LogP contribution in [0.3, 0.4) is 0 Å². The van der Waals surface area contributed by atoms with Crippen LogP contribution in [-0.4, -0.2) is 32.0 Å². The van der Waals surface area contributed by atoms with Gasteiger partial charge in [0.05, 0.1) is 5.25 Å². The van der Waals surface area contributed by atoms with E-state index >= 15 is 0 Å². The molecule has 3 rings (SSSR count). The molecule has 1 heterocycles. The Morgan fingerprint density at radius 2 is 2.07 bits per heavy atom. The van der Waals surface area contributed by atoms with Crippen LogP contribution >= 0.6 is 11.8 Å². The van der Waals surface area contributed by atoms with Crippen molar-refractivity contribution in [3.63, 3.8) is 0 Å². The third-order valence-corrected chi connectivity index (χ3v) is 6.23. The highest BCUT2D eigenvalue weighted by molar-refractivity contribution is 8.00. The molecule has 0 saturated heterocycles. The number of hydrogen-bond donors (Lipinski definition) is 1. The number of rotatable bonds is 7. The Labute approximate surface area is 165 Å². The fraction of sp³-hybridized carbons (Fsp3) is 0.476. The molecule has 0 spiro atoms. The van der Waals surface area contributed by atoms with Crippen molar-refractivity contribution in [1.29, 1.82) is 0 Å². The largest absolute Gasteiger partial charge is 0.352 e. The number of aromatic nitrogens is 3. The van der Waals surface area contributed by atoms with E-state index in [9.17, 15) is 4.79 Å². The van der Waals surface area contributed by atoms with E-state index < -0.39 is 0 Å². The molecule has 1 amide bonds. The van der Waals surface area contributed by atoms with E-state index in [1.807, 2.05) is 47.9 Å². The first kappa shape index (κ1) is 19.7. The standard InChI is InChI=1S/C21H28N4OS/c1-4-14-25-19(17-11-6-5-7-12-17)23-24-21(25)27-16(3)20(26)22-18-13-9-8-10-15(18)2/h4-7,11-12,15-16,18H,1,8-10,13-14H2,2-3H3,(H,22,26)/t15-,16+,18+/m0/s1. The van der Waals surface area contributed by atoms with Gasteiger partial charge in [-0.25, -0.2) is 0 Å². The van der Waals surface area contributed by atoms with Gasteiger partial charge in [0.15, 0.2) is 11.0 Å². The van der Waals surface area contributed by atoms with Gasteiger partial charge >= 0.3 is 0 Å². The van der Waals surface area contributed by atoms with E-state index in [4.69, 9.17) is 0 Å². The zero-order valence-electron chi connectivity index (χ0n) is 16.1. The van der Waals surface area contributed by atoms with Crippen molar-refractivity contribution in [2.24, 2.45) is 5.92 Å². The topological polar surface area (TPSA) is 59.8 Å². The quantitative estimate of drug-likeness (QED) is 0.571. The maximum atomic E-state index is 12.7. The number of benzene rings is 1. The van der Waals surface area contributed by atoms with Crippen LogP contribution in [0.15, 0.2) is 48.1 Å². The summed E-state index contributed by atoms with van der Waals surface area (Å²) in [6.45, 7) is 8.62. The number of carbonyl (C=O) groups excluding carboxylic acids is 1. The van der Waals surface area contributed by atoms with Crippen molar-refractivity contribution < 1.29 is 4.79 Å². The van der Waals surface area contributed by atoms with E-state index in [1.165, 1.54) is 31.0 Å². The molecule has 1 N–H and O–H groups in total. The monoisotopic (exact) mass is 384 g/mol. The normalized spacial score (nSPS) is 20.8. The smallest absolute Gasteiger partial charge is 0.233 e. The maximum Gasteiger partial charge on any atom is 0.233 e. The minimum Gasteiger partial charge on any atom is -0.352 e. The molecule has 6 heteroatoms. The van der Waals surface area contributed by atoms with Crippen LogP contribution in [0.4, 0.5) is 0 Å². The predicted molar refractivity (Wildman–Crippen MR) is 111 cm³/mol. The average Bonchev–Trinajstić information content (AvgIpc) is 3.07. The summed E-state index contributed by atoms with van der Waals surface area (Å²) in [6.07, 6.45) is 6.57. The van der Waals surface area contributed by atoms with Crippen molar-refractivity contribution in [3.8, 4) is 11.4 Å². The fourth-order valence-electron chi connectivity index (χ4n) is 3.51. The second-order valence-corrected chi connectivity index (χ2v) is 8.52. The lowest BCUT2D eigenvalue weighted by Gasteiger charge is -2.30. The van der Waals surface area contributed by atoms with Gasteiger partial charge in [-0.05, 0) is 25.7 Å². The second-order valence-electron chi connectivity index (χ2n) is 7.21. The molecule has 1 aromatic heterocycles. The van der Waals surface area contributed by atoms with Crippen LogP contribution in [0.1, 0.15) is 39.5 Å². The minimum absolute atomic E-state index is 0.0770. The summed E-state index contributed by atoms with van der Waals surface area (Å²) in [5, 5.41) is 12.5. The van der Waals surface area contributed by atoms with Gasteiger partial charge in [-0.1, -0.05) is 67.9 Å². The molecule has 1 aromatic carbocycles. The summed E-state index contributed by atoms with van der Waals surface area (Å²) in [4.78, 5) is 12.7. The van der Waals surface area contributed by atoms with E-state index in [2.05, 4.69) is 29.0 Å². The molecule has 1 aliphatic rings. The Hall–Kier alpha value is -2.08. The van der Waals surface area contributed by atoms with Crippen molar-refractivity contribution in [2.45, 2.75) is 62.5 Å². The van der Waals surface area contributed by atoms with E-state index in [0.717, 1.165) is 23.0 Å². The highest BCUT2D eigenvalue weighted by atomic mass is 32.2. The summed E-state index contributed by atoms with van der Waals surface area (Å²) in [7, 11) is 0. The van der Waals surface area contributed by atoms with Gasteiger partial charge in [-0.3, -0.25) is 9.36 Å². The number of allylic oxidation sites excluding steroid dienone is 1. The summed E-state index contributed by atoms with van der Waals surface area (Å²) < 4.78 is 2.01. The fourth-order valence-corrected chi connectivity index (χ4v) is 4.38. The number of thioether (sulfide) groups is 1. The first-order valence-electron chi connectivity index (χ1n) is 9.66. The highest BCUT2D eigenvalue weighted by Gasteiger charge is 2.26. The molecule has 5 nitrogen and oxygen atoms in total. The van der Waals surface area contributed by atoms with Crippen molar-refractivity contribution in [1.82, 2.24) is 20.1 Å². The van der Waals surface area contributed by atoms with Crippen LogP contribution in [0, 0.1) is 5.92 Å². The van der Waals surface area contributed by atoms with E-state index in [0.29, 0.717) is 18.5 Å². The lowest BCUT2D eigenvalue weighted by molar-refractivity contribution is -0.121. The first-order valence-corrected chi connectivity index (χ1v) is 10.5. The third kappa shape index (κ3) is 4.80. The molecule has 0 aliphatic heterocycles. The molecular weight excluding hydrogens is 356 g/mol. The lowest BCUT2D eigenvalue weighted by Crippen LogP contribution is -2.44. The molecule has 1 aliphatic carbocycles. The molecule has 3 atom stereocenters. The molecule has 27 heavy (non-hydrogen) atoms.